The third-order valence-electron chi connectivity index (χ3n) is 15.8. The van der Waals surface area contributed by atoms with Gasteiger partial charge >= 0.3 is 17.9 Å². The third-order valence-corrected chi connectivity index (χ3v) is 15.8. The maximum absolute atomic E-state index is 13.9. The summed E-state index contributed by atoms with van der Waals surface area (Å²) in [6, 6.07) is 19.3. The molecule has 9 rings (SSSR count). The Morgan fingerprint density at radius 3 is 2.00 bits per heavy atom. The van der Waals surface area contributed by atoms with E-state index in [1.54, 1.807) is 12.2 Å². The van der Waals surface area contributed by atoms with Crippen molar-refractivity contribution in [3.8, 4) is 0 Å². The number of aliphatic hydroxyl groups is 2. The number of carbonyl (C=O) groups is 3. The van der Waals surface area contributed by atoms with Gasteiger partial charge in [-0.3, -0.25) is 0 Å². The van der Waals surface area contributed by atoms with Gasteiger partial charge in [0, 0.05) is 30.9 Å². The van der Waals surface area contributed by atoms with Gasteiger partial charge in [0.2, 0.25) is 0 Å². The first-order valence-electron chi connectivity index (χ1n) is 22.3. The SMILES string of the molecule is CC1=C2C(CC1)C1(C)OC(C3CC3C3CCC4(C)OC(C5CC5)(CC4OC(=O)CO)C(OC(=O)/C=C/c4ccccc4)C(C)=C3C)(CC1O)C2OC(=O)/C=C/c1ccccc1. The monoisotopic (exact) mass is 832 g/mol. The van der Waals surface area contributed by atoms with Crippen LogP contribution in [0.5, 0.6) is 0 Å². The molecule has 12 atom stereocenters. The molecule has 4 bridgehead atoms. The fourth-order valence-corrected chi connectivity index (χ4v) is 12.4. The normalized spacial score (nSPS) is 39.2. The van der Waals surface area contributed by atoms with Crippen molar-refractivity contribution in [1.82, 2.24) is 0 Å². The van der Waals surface area contributed by atoms with Gasteiger partial charge in [-0.25, -0.2) is 14.4 Å². The average Bonchev–Trinajstić information content (AvgIpc) is 4.18. The van der Waals surface area contributed by atoms with E-state index in [0.717, 1.165) is 60.0 Å². The first kappa shape index (κ1) is 42.0. The van der Waals surface area contributed by atoms with Crippen molar-refractivity contribution in [2.45, 2.75) is 139 Å². The first-order valence-corrected chi connectivity index (χ1v) is 22.3. The van der Waals surface area contributed by atoms with Crippen LogP contribution in [0.15, 0.2) is 95.1 Å². The number of benzene rings is 2. The van der Waals surface area contributed by atoms with Crippen LogP contribution in [0.4, 0.5) is 0 Å². The van der Waals surface area contributed by atoms with E-state index in [1.165, 1.54) is 17.7 Å². The molecule has 2 aromatic carbocycles. The Kier molecular flexibility index (Phi) is 10.9. The summed E-state index contributed by atoms with van der Waals surface area (Å²) >= 11 is 0. The molecule has 2 saturated carbocycles. The zero-order valence-electron chi connectivity index (χ0n) is 36.0. The maximum Gasteiger partial charge on any atom is 0.332 e. The van der Waals surface area contributed by atoms with Gasteiger partial charge in [-0.05, 0) is 138 Å². The van der Waals surface area contributed by atoms with Gasteiger partial charge in [0.1, 0.15) is 29.5 Å². The number of fused-ring (bicyclic) bond motifs is 6. The fraction of sp³-hybridized carbons (Fsp3) is 0.549. The van der Waals surface area contributed by atoms with Crippen LogP contribution in [-0.4, -0.2) is 81.5 Å². The number of carbonyl (C=O) groups excluding carboxylic acids is 3. The van der Waals surface area contributed by atoms with Gasteiger partial charge in [0.25, 0.3) is 0 Å². The van der Waals surface area contributed by atoms with E-state index < -0.39 is 71.3 Å². The maximum atomic E-state index is 13.9. The Morgan fingerprint density at radius 1 is 0.770 bits per heavy atom. The molecule has 3 saturated heterocycles. The number of ether oxygens (including phenoxy) is 5. The number of aliphatic hydroxyl groups excluding tert-OH is 2. The predicted octanol–water partition coefficient (Wildman–Crippen LogP) is 7.87. The molecule has 0 aromatic heterocycles. The highest BCUT2D eigenvalue weighted by Crippen LogP contribution is 2.68. The average molecular weight is 833 g/mol. The Morgan fingerprint density at radius 2 is 1.39 bits per heavy atom. The van der Waals surface area contributed by atoms with Gasteiger partial charge in [-0.2, -0.15) is 0 Å². The van der Waals surface area contributed by atoms with Gasteiger partial charge in [-0.1, -0.05) is 71.8 Å². The Labute approximate surface area is 359 Å². The molecule has 4 aliphatic heterocycles. The van der Waals surface area contributed by atoms with Crippen molar-refractivity contribution in [3.05, 3.63) is 106 Å². The third kappa shape index (κ3) is 7.35. The molecule has 5 fully saturated rings. The van der Waals surface area contributed by atoms with Gasteiger partial charge < -0.3 is 33.9 Å². The van der Waals surface area contributed by atoms with E-state index in [9.17, 15) is 24.6 Å². The van der Waals surface area contributed by atoms with Crippen molar-refractivity contribution < 1.29 is 48.3 Å². The quantitative estimate of drug-likeness (QED) is 0.0997. The molecule has 10 heteroatoms. The van der Waals surface area contributed by atoms with Crippen molar-refractivity contribution >= 4 is 30.1 Å². The molecule has 0 radical (unpaired) electrons. The molecule has 324 valence electrons. The summed E-state index contributed by atoms with van der Waals surface area (Å²) in [7, 11) is 0. The van der Waals surface area contributed by atoms with E-state index in [0.29, 0.717) is 25.7 Å². The van der Waals surface area contributed by atoms with Crippen LogP contribution in [0.3, 0.4) is 0 Å². The van der Waals surface area contributed by atoms with Crippen LogP contribution in [0, 0.1) is 29.6 Å². The summed E-state index contributed by atoms with van der Waals surface area (Å²) in [4.78, 5) is 40.4. The molecular weight excluding hydrogens is 773 g/mol. The molecule has 7 aliphatic rings. The molecule has 0 spiro atoms. The number of hydrogen-bond acceptors (Lipinski definition) is 10. The summed E-state index contributed by atoms with van der Waals surface area (Å²) in [6.07, 6.45) is 9.86. The van der Waals surface area contributed by atoms with Crippen LogP contribution < -0.4 is 0 Å². The largest absolute Gasteiger partial charge is 0.457 e. The van der Waals surface area contributed by atoms with Crippen LogP contribution in [-0.2, 0) is 38.1 Å². The summed E-state index contributed by atoms with van der Waals surface area (Å²) < 4.78 is 33.6. The number of esters is 3. The van der Waals surface area contributed by atoms with E-state index in [4.69, 9.17) is 23.7 Å². The number of hydrogen-bond donors (Lipinski definition) is 2. The number of rotatable bonds is 11. The van der Waals surface area contributed by atoms with E-state index >= 15 is 0 Å². The topological polar surface area (TPSA) is 138 Å². The minimum Gasteiger partial charge on any atom is -0.457 e. The Bertz CT molecular complexity index is 2170. The minimum atomic E-state index is -0.943. The molecule has 3 aliphatic carbocycles. The Balaban J connectivity index is 1.08. The van der Waals surface area contributed by atoms with E-state index in [2.05, 4.69) is 20.8 Å². The van der Waals surface area contributed by atoms with Crippen molar-refractivity contribution in [2.24, 2.45) is 29.6 Å². The number of allylic oxidation sites excluding steroid dienone is 2. The lowest BCUT2D eigenvalue weighted by molar-refractivity contribution is -0.216. The molecule has 12 unspecified atom stereocenters. The summed E-state index contributed by atoms with van der Waals surface area (Å²) in [5.74, 6) is -1.58. The molecule has 2 N–H and O–H groups in total. The highest BCUT2D eigenvalue weighted by molar-refractivity contribution is 5.88. The smallest absolute Gasteiger partial charge is 0.332 e. The standard InChI is InChI=1S/C51H60O10/c1-30-16-21-38-45(30)47(59-43(55)23-18-34-14-10-7-11-15-34)51(27-40(53)49(38,5)61-51)39-26-37(39)36-24-25-48(4)41(57-44(56)29-52)28-50(60-48,35-19-20-35)46(32(3)31(36)2)58-42(54)22-17-33-12-8-6-9-13-33/h6-15,17-18,22-23,35-41,46-47,52-53H,16,19-21,24-29H2,1-5H3/b22-17+,23-18+,32-31?. The van der Waals surface area contributed by atoms with Crippen molar-refractivity contribution in [3.63, 3.8) is 0 Å². The minimum absolute atomic E-state index is 0.0102. The highest BCUT2D eigenvalue weighted by Gasteiger charge is 2.74. The van der Waals surface area contributed by atoms with E-state index in [1.807, 2.05) is 74.5 Å². The lowest BCUT2D eigenvalue weighted by Gasteiger charge is -2.49. The molecular formula is C51H60O10. The summed E-state index contributed by atoms with van der Waals surface area (Å²) in [6.45, 7) is 9.62. The van der Waals surface area contributed by atoms with Gasteiger partial charge in [0.15, 0.2) is 12.2 Å². The summed E-state index contributed by atoms with van der Waals surface area (Å²) in [5, 5.41) is 21.7. The van der Waals surface area contributed by atoms with Crippen LogP contribution in [0.25, 0.3) is 12.2 Å². The van der Waals surface area contributed by atoms with Gasteiger partial charge in [-0.15, -0.1) is 0 Å². The zero-order chi connectivity index (χ0) is 42.9. The van der Waals surface area contributed by atoms with Gasteiger partial charge in [0.05, 0.1) is 11.7 Å². The molecule has 0 amide bonds. The van der Waals surface area contributed by atoms with Crippen LogP contribution in [0.2, 0.25) is 0 Å². The second-order valence-corrected chi connectivity index (χ2v) is 19.4. The van der Waals surface area contributed by atoms with E-state index in [-0.39, 0.29) is 29.6 Å². The fourth-order valence-electron chi connectivity index (χ4n) is 12.4. The summed E-state index contributed by atoms with van der Waals surface area (Å²) in [5.41, 5.74) is 2.51. The predicted molar refractivity (Wildman–Crippen MR) is 228 cm³/mol. The molecule has 4 heterocycles. The second kappa shape index (κ2) is 15.8. The second-order valence-electron chi connectivity index (χ2n) is 19.4. The van der Waals surface area contributed by atoms with Crippen LogP contribution >= 0.6 is 0 Å². The molecule has 2 aromatic rings. The highest BCUT2D eigenvalue weighted by atomic mass is 16.6. The molecule has 10 nitrogen and oxygen atoms in total. The first-order chi connectivity index (χ1) is 29.2. The lowest BCUT2D eigenvalue weighted by Crippen LogP contribution is -2.58. The zero-order valence-corrected chi connectivity index (χ0v) is 36.0. The van der Waals surface area contributed by atoms with Crippen molar-refractivity contribution in [2.75, 3.05) is 6.61 Å². The van der Waals surface area contributed by atoms with Crippen LogP contribution in [0.1, 0.15) is 104 Å². The van der Waals surface area contributed by atoms with Crippen molar-refractivity contribution in [1.29, 1.82) is 0 Å². The lowest BCUT2D eigenvalue weighted by atomic mass is 9.73. The Hall–Kier alpha value is -4.35. The molecule has 61 heavy (non-hydrogen) atoms.